The number of allylic oxidation sites excluding steroid dienone is 2. The van der Waals surface area contributed by atoms with Crippen molar-refractivity contribution in [1.29, 1.82) is 0 Å². The Morgan fingerprint density at radius 3 is 2.94 bits per heavy atom. The molecule has 2 N–H and O–H groups in total. The summed E-state index contributed by atoms with van der Waals surface area (Å²) in [6.07, 6.45) is 1.82. The van der Waals surface area contributed by atoms with Crippen LogP contribution in [0, 0.1) is 0 Å². The number of carbonyl (C=O) groups excluding carboxylic acids is 2. The van der Waals surface area contributed by atoms with Crippen molar-refractivity contribution in [3.8, 4) is 0 Å². The lowest BCUT2D eigenvalue weighted by molar-refractivity contribution is 0.0912. The zero-order valence-corrected chi connectivity index (χ0v) is 9.24. The van der Waals surface area contributed by atoms with Crippen molar-refractivity contribution in [3.63, 3.8) is 0 Å². The van der Waals surface area contributed by atoms with Gasteiger partial charge < -0.3 is 14.8 Å². The largest absolute Gasteiger partial charge is 0.492 e. The second-order valence-corrected chi connectivity index (χ2v) is 4.23. The first-order chi connectivity index (χ1) is 8.13. The van der Waals surface area contributed by atoms with Crippen LogP contribution in [0.4, 0.5) is 0 Å². The molecule has 0 aliphatic heterocycles. The predicted octanol–water partition coefficient (Wildman–Crippen LogP) is 0.904. The maximum absolute atomic E-state index is 11.9. The van der Waals surface area contributed by atoms with E-state index in [1.165, 1.54) is 13.2 Å². The van der Waals surface area contributed by atoms with Crippen LogP contribution < -0.4 is 0 Å². The summed E-state index contributed by atoms with van der Waals surface area (Å²) in [5.74, 6) is -0.524. The van der Waals surface area contributed by atoms with Gasteiger partial charge in [0.25, 0.3) is 0 Å². The Hall–Kier alpha value is -1.88. The molecule has 1 heterocycles. The summed E-state index contributed by atoms with van der Waals surface area (Å²) in [6.45, 7) is 0. The number of ketones is 2. The van der Waals surface area contributed by atoms with Crippen LogP contribution in [-0.4, -0.2) is 28.8 Å². The Morgan fingerprint density at radius 2 is 2.24 bits per heavy atom. The maximum atomic E-state index is 11.9. The molecule has 17 heavy (non-hydrogen) atoms. The minimum atomic E-state index is -0.609. The van der Waals surface area contributed by atoms with Gasteiger partial charge in [-0.15, -0.1) is 0 Å². The molecule has 1 unspecified atom stereocenters. The van der Waals surface area contributed by atoms with E-state index < -0.39 is 6.10 Å². The molecule has 5 heteroatoms. The Balaban J connectivity index is 2.20. The maximum Gasteiger partial charge on any atom is 0.244 e. The molecule has 0 bridgehead atoms. The molecule has 0 radical (unpaired) electrons. The second-order valence-electron chi connectivity index (χ2n) is 4.23. The molecule has 0 saturated heterocycles. The lowest BCUT2D eigenvalue weighted by atomic mass is 9.96. The van der Waals surface area contributed by atoms with Gasteiger partial charge in [-0.05, 0) is 18.4 Å². The number of aromatic nitrogens is 1. The second kappa shape index (κ2) is 3.30. The van der Waals surface area contributed by atoms with E-state index in [0.29, 0.717) is 24.1 Å². The SMILES string of the molecule is COC1=CC(=O)c2c([nH]c3c2CCC3O)C1=O. The van der Waals surface area contributed by atoms with Crippen LogP contribution in [0.15, 0.2) is 11.8 Å². The minimum Gasteiger partial charge on any atom is -0.492 e. The van der Waals surface area contributed by atoms with Gasteiger partial charge in [-0.2, -0.15) is 0 Å². The number of methoxy groups -OCH3 is 1. The quantitative estimate of drug-likeness (QED) is 0.755. The van der Waals surface area contributed by atoms with Crippen LogP contribution in [0.25, 0.3) is 0 Å². The molecule has 0 spiro atoms. The van der Waals surface area contributed by atoms with Crippen molar-refractivity contribution in [2.24, 2.45) is 0 Å². The zero-order valence-electron chi connectivity index (χ0n) is 9.24. The van der Waals surface area contributed by atoms with Crippen molar-refractivity contribution in [3.05, 3.63) is 34.3 Å². The average molecular weight is 233 g/mol. The van der Waals surface area contributed by atoms with Gasteiger partial charge in [0.2, 0.25) is 5.78 Å². The first-order valence-electron chi connectivity index (χ1n) is 5.41. The van der Waals surface area contributed by atoms with Gasteiger partial charge in [0.05, 0.1) is 18.8 Å². The summed E-state index contributed by atoms with van der Waals surface area (Å²) in [7, 11) is 1.35. The lowest BCUT2D eigenvalue weighted by Crippen LogP contribution is -2.18. The van der Waals surface area contributed by atoms with E-state index >= 15 is 0 Å². The highest BCUT2D eigenvalue weighted by Crippen LogP contribution is 2.37. The number of fused-ring (bicyclic) bond motifs is 3. The fourth-order valence-corrected chi connectivity index (χ4v) is 2.50. The van der Waals surface area contributed by atoms with E-state index in [1.807, 2.05) is 0 Å². The van der Waals surface area contributed by atoms with Gasteiger partial charge in [-0.3, -0.25) is 9.59 Å². The molecule has 1 atom stereocenters. The van der Waals surface area contributed by atoms with Crippen LogP contribution in [0.5, 0.6) is 0 Å². The van der Waals surface area contributed by atoms with E-state index in [9.17, 15) is 14.7 Å². The van der Waals surface area contributed by atoms with Crippen molar-refractivity contribution >= 4 is 11.6 Å². The molecule has 2 aliphatic carbocycles. The number of carbonyl (C=O) groups is 2. The Labute approximate surface area is 97.1 Å². The van der Waals surface area contributed by atoms with E-state index in [-0.39, 0.29) is 23.0 Å². The molecule has 88 valence electrons. The average Bonchev–Trinajstić information content (AvgIpc) is 2.84. The number of hydrogen-bond acceptors (Lipinski definition) is 4. The highest BCUT2D eigenvalue weighted by Gasteiger charge is 2.36. The molecule has 1 aromatic rings. The van der Waals surface area contributed by atoms with Crippen LogP contribution in [0.2, 0.25) is 0 Å². The van der Waals surface area contributed by atoms with Gasteiger partial charge in [-0.25, -0.2) is 0 Å². The molecule has 2 aliphatic rings. The zero-order chi connectivity index (χ0) is 12.2. The third kappa shape index (κ3) is 1.23. The van der Waals surface area contributed by atoms with Crippen LogP contribution in [0.1, 0.15) is 44.6 Å². The third-order valence-electron chi connectivity index (χ3n) is 3.32. The topological polar surface area (TPSA) is 79.4 Å². The number of aromatic amines is 1. The number of ether oxygens (including phenoxy) is 1. The van der Waals surface area contributed by atoms with E-state index in [4.69, 9.17) is 4.74 Å². The molecule has 0 fully saturated rings. The number of aliphatic hydroxyl groups excluding tert-OH is 1. The monoisotopic (exact) mass is 233 g/mol. The number of nitrogens with one attached hydrogen (secondary N) is 1. The summed E-state index contributed by atoms with van der Waals surface area (Å²) >= 11 is 0. The van der Waals surface area contributed by atoms with Crippen molar-refractivity contribution < 1.29 is 19.4 Å². The summed E-state index contributed by atoms with van der Waals surface area (Å²) in [6, 6.07) is 0. The standard InChI is InChI=1S/C12H11NO4/c1-17-8-4-7(15)9-5-2-3-6(14)10(5)13-11(9)12(8)16/h4,6,13-14H,2-3H2,1H3. The van der Waals surface area contributed by atoms with Gasteiger partial charge >= 0.3 is 0 Å². The molecule has 3 rings (SSSR count). The molecule has 0 aromatic carbocycles. The van der Waals surface area contributed by atoms with E-state index in [0.717, 1.165) is 5.56 Å². The number of aliphatic hydroxyl groups is 1. The van der Waals surface area contributed by atoms with Crippen LogP contribution in [0.3, 0.4) is 0 Å². The number of hydrogen-bond donors (Lipinski definition) is 2. The third-order valence-corrected chi connectivity index (χ3v) is 3.32. The Bertz CT molecular complexity index is 567. The fraction of sp³-hybridized carbons (Fsp3) is 0.333. The van der Waals surface area contributed by atoms with Crippen LogP contribution in [-0.2, 0) is 11.2 Å². The molecule has 1 aromatic heterocycles. The summed E-state index contributed by atoms with van der Waals surface area (Å²) < 4.78 is 4.87. The normalized spacial score (nSPS) is 22.2. The summed E-state index contributed by atoms with van der Waals surface area (Å²) in [4.78, 5) is 26.7. The minimum absolute atomic E-state index is 0.0388. The van der Waals surface area contributed by atoms with Crippen molar-refractivity contribution in [1.82, 2.24) is 4.98 Å². The van der Waals surface area contributed by atoms with E-state index in [2.05, 4.69) is 4.98 Å². The fourth-order valence-electron chi connectivity index (χ4n) is 2.50. The van der Waals surface area contributed by atoms with Gasteiger partial charge in [0.15, 0.2) is 11.5 Å². The summed E-state index contributed by atoms with van der Waals surface area (Å²) in [5.41, 5.74) is 2.03. The van der Waals surface area contributed by atoms with Gasteiger partial charge in [0, 0.05) is 11.8 Å². The predicted molar refractivity (Wildman–Crippen MR) is 57.8 cm³/mol. The molecular weight excluding hydrogens is 222 g/mol. The molecule has 0 saturated carbocycles. The smallest absolute Gasteiger partial charge is 0.244 e. The van der Waals surface area contributed by atoms with Crippen molar-refractivity contribution in [2.75, 3.05) is 7.11 Å². The Morgan fingerprint density at radius 1 is 1.47 bits per heavy atom. The lowest BCUT2D eigenvalue weighted by Gasteiger charge is -2.11. The highest BCUT2D eigenvalue weighted by atomic mass is 16.5. The number of H-pyrrole nitrogens is 1. The van der Waals surface area contributed by atoms with Crippen molar-refractivity contribution in [2.45, 2.75) is 18.9 Å². The number of rotatable bonds is 1. The first-order valence-corrected chi connectivity index (χ1v) is 5.41. The first kappa shape index (κ1) is 10.3. The molecular formula is C12H11NO4. The van der Waals surface area contributed by atoms with Gasteiger partial charge in [0.1, 0.15) is 5.69 Å². The highest BCUT2D eigenvalue weighted by molar-refractivity contribution is 6.23. The molecule has 0 amide bonds. The van der Waals surface area contributed by atoms with Gasteiger partial charge in [-0.1, -0.05) is 0 Å². The molecule has 5 nitrogen and oxygen atoms in total. The van der Waals surface area contributed by atoms with E-state index in [1.54, 1.807) is 0 Å². The summed E-state index contributed by atoms with van der Waals surface area (Å²) in [5, 5.41) is 9.72. The van der Waals surface area contributed by atoms with Crippen LogP contribution >= 0.6 is 0 Å². The number of Topliss-reactive ketones (excluding diaryl/α,β-unsaturated/α-hetero) is 1. The Kier molecular flexibility index (Phi) is 2.00.